The number of anilines is 1. The van der Waals surface area contributed by atoms with Gasteiger partial charge in [-0.3, -0.25) is 0 Å². The summed E-state index contributed by atoms with van der Waals surface area (Å²) in [7, 11) is 0. The third-order valence-electron chi connectivity index (χ3n) is 4.51. The highest BCUT2D eigenvalue weighted by atomic mass is 35.5. The Hall–Kier alpha value is -2.04. The van der Waals surface area contributed by atoms with Crippen molar-refractivity contribution in [3.8, 4) is 0 Å². The average Bonchev–Trinajstić information content (AvgIpc) is 2.97. The van der Waals surface area contributed by atoms with Crippen LogP contribution >= 0.6 is 23.8 Å². The number of hydrogen-bond donors (Lipinski definition) is 1. The van der Waals surface area contributed by atoms with Crippen LogP contribution in [0.1, 0.15) is 26.3 Å². The van der Waals surface area contributed by atoms with Crippen LogP contribution in [0.15, 0.2) is 54.7 Å². The number of aromatic nitrogens is 1. The summed E-state index contributed by atoms with van der Waals surface area (Å²) in [5.74, 6) is 0. The summed E-state index contributed by atoms with van der Waals surface area (Å²) in [6, 6.07) is 16.4. The first kappa shape index (κ1) is 18.7. The van der Waals surface area contributed by atoms with E-state index in [4.69, 9.17) is 23.8 Å². The van der Waals surface area contributed by atoms with Crippen molar-refractivity contribution in [2.75, 3.05) is 5.32 Å². The van der Waals surface area contributed by atoms with Gasteiger partial charge in [0, 0.05) is 46.9 Å². The Morgan fingerprint density at radius 1 is 1.19 bits per heavy atom. The first-order valence-electron chi connectivity index (χ1n) is 8.89. The second kappa shape index (κ2) is 8.11. The summed E-state index contributed by atoms with van der Waals surface area (Å²) in [6.45, 7) is 8.20. The van der Waals surface area contributed by atoms with Gasteiger partial charge in [-0.25, -0.2) is 0 Å². The molecule has 5 heteroatoms. The molecule has 0 aliphatic rings. The van der Waals surface area contributed by atoms with Crippen molar-refractivity contribution in [2.45, 2.75) is 39.9 Å². The lowest BCUT2D eigenvalue weighted by Gasteiger charge is -2.29. The number of rotatable bonds is 5. The molecule has 0 radical (unpaired) electrons. The number of nitrogens with one attached hydrogen (secondary N) is 1. The number of hydrogen-bond acceptors (Lipinski definition) is 1. The van der Waals surface area contributed by atoms with Crippen LogP contribution in [0.4, 0.5) is 5.69 Å². The van der Waals surface area contributed by atoms with Gasteiger partial charge in [-0.15, -0.1) is 0 Å². The van der Waals surface area contributed by atoms with Crippen molar-refractivity contribution in [1.82, 2.24) is 9.47 Å². The number of para-hydroxylation sites is 1. The van der Waals surface area contributed by atoms with Crippen molar-refractivity contribution in [2.24, 2.45) is 0 Å². The third-order valence-corrected chi connectivity index (χ3v) is 5.08. The summed E-state index contributed by atoms with van der Waals surface area (Å²) < 4.78 is 2.29. The van der Waals surface area contributed by atoms with E-state index in [1.54, 1.807) is 0 Å². The number of fused-ring (bicyclic) bond motifs is 1. The van der Waals surface area contributed by atoms with Gasteiger partial charge in [0.15, 0.2) is 5.11 Å². The van der Waals surface area contributed by atoms with Crippen LogP contribution in [0.2, 0.25) is 5.02 Å². The van der Waals surface area contributed by atoms with E-state index in [1.807, 2.05) is 24.3 Å². The molecule has 0 bridgehead atoms. The Bertz CT molecular complexity index is 917. The monoisotopic (exact) mass is 385 g/mol. The van der Waals surface area contributed by atoms with E-state index >= 15 is 0 Å². The smallest absolute Gasteiger partial charge is 0.173 e. The van der Waals surface area contributed by atoms with E-state index in [2.05, 4.69) is 66.0 Å². The molecule has 26 heavy (non-hydrogen) atoms. The predicted octanol–water partition coefficient (Wildman–Crippen LogP) is 5.92. The molecular formula is C21H24ClN3S. The summed E-state index contributed by atoms with van der Waals surface area (Å²) in [4.78, 5) is 2.21. The normalized spacial score (nSPS) is 11.1. The average molecular weight is 386 g/mol. The minimum absolute atomic E-state index is 0.276. The summed E-state index contributed by atoms with van der Waals surface area (Å²) in [5, 5.41) is 6.00. The van der Waals surface area contributed by atoms with Gasteiger partial charge in [0.2, 0.25) is 0 Å². The highest BCUT2D eigenvalue weighted by Gasteiger charge is 2.17. The first-order valence-corrected chi connectivity index (χ1v) is 9.68. The third kappa shape index (κ3) is 4.02. The van der Waals surface area contributed by atoms with Crippen LogP contribution in [-0.4, -0.2) is 20.6 Å². The van der Waals surface area contributed by atoms with E-state index in [0.717, 1.165) is 18.8 Å². The van der Waals surface area contributed by atoms with Gasteiger partial charge in [0.1, 0.15) is 0 Å². The molecular weight excluding hydrogens is 362 g/mol. The van der Waals surface area contributed by atoms with Gasteiger partial charge in [-0.2, -0.15) is 0 Å². The molecule has 0 aliphatic carbocycles. The Morgan fingerprint density at radius 3 is 2.65 bits per heavy atom. The zero-order chi connectivity index (χ0) is 18.7. The molecule has 0 aliphatic heterocycles. The molecule has 0 saturated heterocycles. The van der Waals surface area contributed by atoms with Gasteiger partial charge in [-0.1, -0.05) is 35.9 Å². The van der Waals surface area contributed by atoms with Crippen LogP contribution in [-0.2, 0) is 13.1 Å². The van der Waals surface area contributed by atoms with Crippen molar-refractivity contribution in [3.63, 3.8) is 0 Å². The fraction of sp³-hybridized carbons (Fsp3) is 0.286. The Labute approximate surface area is 165 Å². The Kier molecular flexibility index (Phi) is 5.84. The SMILES string of the molecule is CCn1cc(CN(C(=S)Nc2cccc(Cl)c2)C(C)C)c2ccccc21. The van der Waals surface area contributed by atoms with E-state index in [9.17, 15) is 0 Å². The van der Waals surface area contributed by atoms with E-state index in [-0.39, 0.29) is 6.04 Å². The van der Waals surface area contributed by atoms with Crippen molar-refractivity contribution < 1.29 is 0 Å². The molecule has 136 valence electrons. The lowest BCUT2D eigenvalue weighted by atomic mass is 10.1. The van der Waals surface area contributed by atoms with Crippen LogP contribution in [0, 0.1) is 0 Å². The molecule has 3 rings (SSSR count). The number of aryl methyl sites for hydroxylation is 1. The predicted molar refractivity (Wildman–Crippen MR) is 116 cm³/mol. The summed E-state index contributed by atoms with van der Waals surface area (Å²) in [6.07, 6.45) is 2.24. The maximum atomic E-state index is 6.08. The van der Waals surface area contributed by atoms with Crippen LogP contribution in [0.3, 0.4) is 0 Å². The fourth-order valence-corrected chi connectivity index (χ4v) is 3.73. The van der Waals surface area contributed by atoms with Crippen molar-refractivity contribution >= 4 is 45.5 Å². The second-order valence-electron chi connectivity index (χ2n) is 6.62. The molecule has 0 fully saturated rings. The lowest BCUT2D eigenvalue weighted by Crippen LogP contribution is -2.39. The largest absolute Gasteiger partial charge is 0.347 e. The number of nitrogens with zero attached hydrogens (tertiary/aromatic N) is 2. The van der Waals surface area contributed by atoms with Gasteiger partial charge in [-0.05, 0) is 62.8 Å². The highest BCUT2D eigenvalue weighted by molar-refractivity contribution is 7.80. The number of thiocarbonyl (C=S) groups is 1. The quantitative estimate of drug-likeness (QED) is 0.550. The molecule has 3 aromatic rings. The molecule has 0 spiro atoms. The molecule has 0 saturated carbocycles. The van der Waals surface area contributed by atoms with Gasteiger partial charge in [0.05, 0.1) is 0 Å². The Morgan fingerprint density at radius 2 is 1.96 bits per heavy atom. The number of halogens is 1. The Balaban J connectivity index is 1.86. The summed E-state index contributed by atoms with van der Waals surface area (Å²) >= 11 is 11.8. The minimum Gasteiger partial charge on any atom is -0.347 e. The molecule has 1 N–H and O–H groups in total. The molecule has 0 unspecified atom stereocenters. The standard InChI is InChI=1S/C21H24ClN3S/c1-4-24-13-16(19-10-5-6-11-20(19)24)14-25(15(2)3)21(26)23-18-9-7-8-17(22)12-18/h5-13,15H,4,14H2,1-3H3,(H,23,26). The molecule has 0 atom stereocenters. The molecule has 0 amide bonds. The molecule has 2 aromatic carbocycles. The summed E-state index contributed by atoms with van der Waals surface area (Å²) in [5.41, 5.74) is 3.46. The highest BCUT2D eigenvalue weighted by Crippen LogP contribution is 2.24. The van der Waals surface area contributed by atoms with Crippen molar-refractivity contribution in [3.05, 3.63) is 65.3 Å². The van der Waals surface area contributed by atoms with Gasteiger partial charge >= 0.3 is 0 Å². The molecule has 1 aromatic heterocycles. The maximum absolute atomic E-state index is 6.08. The second-order valence-corrected chi connectivity index (χ2v) is 7.44. The topological polar surface area (TPSA) is 20.2 Å². The van der Waals surface area contributed by atoms with E-state index < -0.39 is 0 Å². The molecule has 1 heterocycles. The van der Waals surface area contributed by atoms with E-state index in [0.29, 0.717) is 10.1 Å². The maximum Gasteiger partial charge on any atom is 0.173 e. The zero-order valence-electron chi connectivity index (χ0n) is 15.4. The van der Waals surface area contributed by atoms with E-state index in [1.165, 1.54) is 16.5 Å². The van der Waals surface area contributed by atoms with Crippen molar-refractivity contribution in [1.29, 1.82) is 0 Å². The molecule has 3 nitrogen and oxygen atoms in total. The van der Waals surface area contributed by atoms with Crippen LogP contribution in [0.5, 0.6) is 0 Å². The zero-order valence-corrected chi connectivity index (χ0v) is 16.9. The first-order chi connectivity index (χ1) is 12.5. The van der Waals surface area contributed by atoms with Crippen LogP contribution < -0.4 is 5.32 Å². The number of benzene rings is 2. The van der Waals surface area contributed by atoms with Gasteiger partial charge < -0.3 is 14.8 Å². The lowest BCUT2D eigenvalue weighted by molar-refractivity contribution is 0.349. The fourth-order valence-electron chi connectivity index (χ4n) is 3.14. The minimum atomic E-state index is 0.276. The van der Waals surface area contributed by atoms with Crippen LogP contribution in [0.25, 0.3) is 10.9 Å². The van der Waals surface area contributed by atoms with Gasteiger partial charge in [0.25, 0.3) is 0 Å².